The van der Waals surface area contributed by atoms with Crippen molar-refractivity contribution in [3.63, 3.8) is 0 Å². The van der Waals surface area contributed by atoms with Crippen molar-refractivity contribution < 1.29 is 17.9 Å². The molecule has 0 spiro atoms. The summed E-state index contributed by atoms with van der Waals surface area (Å²) in [4.78, 5) is 0.974. The molecule has 0 saturated heterocycles. The predicted molar refractivity (Wildman–Crippen MR) is 74.8 cm³/mol. The molecule has 0 bridgehead atoms. The Bertz CT molecular complexity index is 485. The molecule has 19 heavy (non-hydrogen) atoms. The quantitative estimate of drug-likeness (QED) is 0.647. The first-order valence-electron chi connectivity index (χ1n) is 5.86. The highest BCUT2D eigenvalue weighted by molar-refractivity contribution is 7.89. The molecule has 0 unspecified atom stereocenters. The Labute approximate surface area is 118 Å². The van der Waals surface area contributed by atoms with Crippen LogP contribution < -0.4 is 10.5 Å². The van der Waals surface area contributed by atoms with Gasteiger partial charge in [0.25, 0.3) is 0 Å². The van der Waals surface area contributed by atoms with Crippen LogP contribution in [0.25, 0.3) is 0 Å². The van der Waals surface area contributed by atoms with E-state index in [1.807, 2.05) is 0 Å². The van der Waals surface area contributed by atoms with E-state index in [1.54, 1.807) is 19.4 Å². The minimum atomic E-state index is -3.51. The monoisotopic (exact) mass is 308 g/mol. The molecule has 0 fully saturated rings. The Balaban J connectivity index is 2.54. The number of nitrogens with two attached hydrogens (primary N) is 1. The van der Waals surface area contributed by atoms with Gasteiger partial charge in [0.2, 0.25) is 10.0 Å². The predicted octanol–water partition coefficient (Wildman–Crippen LogP) is 0.457. The van der Waals surface area contributed by atoms with Crippen molar-refractivity contribution >= 4 is 21.4 Å². The minimum absolute atomic E-state index is 0.221. The number of methoxy groups -OCH3 is 1. The molecular weight excluding hydrogens is 288 g/mol. The van der Waals surface area contributed by atoms with Crippen molar-refractivity contribution in [3.8, 4) is 0 Å². The fraction of sp³-hybridized carbons (Fsp3) is 0.636. The Kier molecular flexibility index (Phi) is 6.90. The second kappa shape index (κ2) is 7.93. The van der Waals surface area contributed by atoms with E-state index in [9.17, 15) is 8.42 Å². The SMILES string of the molecule is COCCOCCNS(=O)(=O)c1c(C)csc1CN. The topological polar surface area (TPSA) is 90.6 Å². The van der Waals surface area contributed by atoms with Crippen LogP contribution in [-0.4, -0.2) is 41.9 Å². The van der Waals surface area contributed by atoms with Crippen LogP contribution in [0.4, 0.5) is 0 Å². The maximum atomic E-state index is 12.1. The van der Waals surface area contributed by atoms with Gasteiger partial charge in [-0.05, 0) is 17.9 Å². The van der Waals surface area contributed by atoms with E-state index < -0.39 is 10.0 Å². The van der Waals surface area contributed by atoms with Crippen LogP contribution in [0.2, 0.25) is 0 Å². The number of sulfonamides is 1. The fourth-order valence-electron chi connectivity index (χ4n) is 1.55. The lowest BCUT2D eigenvalue weighted by Gasteiger charge is -2.09. The summed E-state index contributed by atoms with van der Waals surface area (Å²) < 4.78 is 36.8. The molecule has 1 aromatic heterocycles. The summed E-state index contributed by atoms with van der Waals surface area (Å²) in [7, 11) is -1.93. The molecule has 0 radical (unpaired) electrons. The number of nitrogens with one attached hydrogen (secondary N) is 1. The first-order valence-corrected chi connectivity index (χ1v) is 8.22. The van der Waals surface area contributed by atoms with Crippen LogP contribution in [0.15, 0.2) is 10.3 Å². The summed E-state index contributed by atoms with van der Waals surface area (Å²) in [5.41, 5.74) is 6.27. The molecule has 1 heterocycles. The number of aryl methyl sites for hydroxylation is 1. The van der Waals surface area contributed by atoms with Gasteiger partial charge in [-0.25, -0.2) is 13.1 Å². The third-order valence-electron chi connectivity index (χ3n) is 2.41. The number of rotatable bonds is 9. The Hall–Kier alpha value is -0.510. The number of hydrogen-bond donors (Lipinski definition) is 2. The third-order valence-corrected chi connectivity index (χ3v) is 5.36. The van der Waals surface area contributed by atoms with Crippen molar-refractivity contribution in [3.05, 3.63) is 15.8 Å². The highest BCUT2D eigenvalue weighted by atomic mass is 32.2. The van der Waals surface area contributed by atoms with Gasteiger partial charge in [-0.15, -0.1) is 11.3 Å². The molecule has 6 nitrogen and oxygen atoms in total. The second-order valence-corrected chi connectivity index (χ2v) is 6.55. The van der Waals surface area contributed by atoms with Crippen molar-refractivity contribution in [2.75, 3.05) is 33.5 Å². The largest absolute Gasteiger partial charge is 0.382 e. The molecule has 110 valence electrons. The van der Waals surface area contributed by atoms with Gasteiger partial charge in [-0.3, -0.25) is 0 Å². The molecule has 0 saturated carbocycles. The zero-order valence-electron chi connectivity index (χ0n) is 11.1. The normalized spacial score (nSPS) is 11.9. The van der Waals surface area contributed by atoms with Crippen molar-refractivity contribution in [2.24, 2.45) is 5.73 Å². The van der Waals surface area contributed by atoms with Crippen molar-refractivity contribution in [2.45, 2.75) is 18.4 Å². The molecule has 0 aliphatic heterocycles. The smallest absolute Gasteiger partial charge is 0.242 e. The van der Waals surface area contributed by atoms with E-state index in [-0.39, 0.29) is 13.1 Å². The standard InChI is InChI=1S/C11H20N2O4S2/c1-9-8-18-10(7-12)11(9)19(14,15)13-3-4-17-6-5-16-2/h8,13H,3-7,12H2,1-2H3. The Morgan fingerprint density at radius 1 is 1.37 bits per heavy atom. The molecule has 1 aromatic rings. The summed E-state index contributed by atoms with van der Waals surface area (Å²) in [5.74, 6) is 0. The molecular formula is C11H20N2O4S2. The van der Waals surface area contributed by atoms with E-state index >= 15 is 0 Å². The Morgan fingerprint density at radius 3 is 2.74 bits per heavy atom. The molecule has 0 amide bonds. The van der Waals surface area contributed by atoms with Crippen LogP contribution in [0.5, 0.6) is 0 Å². The summed E-state index contributed by atoms with van der Waals surface area (Å²) >= 11 is 1.36. The summed E-state index contributed by atoms with van der Waals surface area (Å²) in [5, 5.41) is 1.80. The van der Waals surface area contributed by atoms with Gasteiger partial charge in [0, 0.05) is 25.1 Å². The first kappa shape index (κ1) is 16.5. The van der Waals surface area contributed by atoms with Crippen molar-refractivity contribution in [1.82, 2.24) is 4.72 Å². The van der Waals surface area contributed by atoms with Gasteiger partial charge in [-0.1, -0.05) is 0 Å². The third kappa shape index (κ3) is 4.83. The maximum absolute atomic E-state index is 12.1. The average molecular weight is 308 g/mol. The van der Waals surface area contributed by atoms with Crippen molar-refractivity contribution in [1.29, 1.82) is 0 Å². The zero-order valence-corrected chi connectivity index (χ0v) is 12.8. The lowest BCUT2D eigenvalue weighted by Crippen LogP contribution is -2.28. The summed E-state index contributed by atoms with van der Waals surface area (Å²) in [6.45, 7) is 3.46. The van der Waals surface area contributed by atoms with Crippen LogP contribution in [0.1, 0.15) is 10.4 Å². The highest BCUT2D eigenvalue weighted by Gasteiger charge is 2.21. The van der Waals surface area contributed by atoms with Crippen LogP contribution >= 0.6 is 11.3 Å². The van der Waals surface area contributed by atoms with E-state index in [1.165, 1.54) is 11.3 Å². The number of hydrogen-bond acceptors (Lipinski definition) is 6. The Morgan fingerprint density at radius 2 is 2.11 bits per heavy atom. The van der Waals surface area contributed by atoms with E-state index in [0.29, 0.717) is 29.6 Å². The van der Waals surface area contributed by atoms with Gasteiger partial charge >= 0.3 is 0 Å². The van der Waals surface area contributed by atoms with E-state index in [2.05, 4.69) is 4.72 Å². The zero-order chi connectivity index (χ0) is 14.3. The van der Waals surface area contributed by atoms with Crippen LogP contribution in [0.3, 0.4) is 0 Å². The maximum Gasteiger partial charge on any atom is 0.242 e. The first-order chi connectivity index (χ1) is 9.03. The molecule has 1 rings (SSSR count). The number of ether oxygens (including phenoxy) is 2. The molecule has 0 aromatic carbocycles. The molecule has 8 heteroatoms. The second-order valence-electron chi connectivity index (χ2n) is 3.88. The fourth-order valence-corrected chi connectivity index (χ4v) is 4.27. The van der Waals surface area contributed by atoms with Crippen LogP contribution in [-0.2, 0) is 26.0 Å². The van der Waals surface area contributed by atoms with Gasteiger partial charge < -0.3 is 15.2 Å². The summed E-state index contributed by atoms with van der Waals surface area (Å²) in [6.07, 6.45) is 0. The molecule has 0 aliphatic carbocycles. The van der Waals surface area contributed by atoms with Gasteiger partial charge in [-0.2, -0.15) is 0 Å². The molecule has 0 atom stereocenters. The van der Waals surface area contributed by atoms with Gasteiger partial charge in [0.15, 0.2) is 0 Å². The lowest BCUT2D eigenvalue weighted by molar-refractivity contribution is 0.0736. The van der Waals surface area contributed by atoms with Gasteiger partial charge in [0.05, 0.1) is 19.8 Å². The molecule has 3 N–H and O–H groups in total. The van der Waals surface area contributed by atoms with E-state index in [4.69, 9.17) is 15.2 Å². The minimum Gasteiger partial charge on any atom is -0.382 e. The molecule has 0 aliphatic rings. The summed E-state index contributed by atoms with van der Waals surface area (Å²) in [6, 6.07) is 0. The van der Waals surface area contributed by atoms with Crippen LogP contribution in [0, 0.1) is 6.92 Å². The lowest BCUT2D eigenvalue weighted by atomic mass is 10.3. The highest BCUT2D eigenvalue weighted by Crippen LogP contribution is 2.26. The van der Waals surface area contributed by atoms with Gasteiger partial charge in [0.1, 0.15) is 4.90 Å². The van der Waals surface area contributed by atoms with E-state index in [0.717, 1.165) is 5.56 Å². The number of thiophene rings is 1. The average Bonchev–Trinajstić information content (AvgIpc) is 2.75.